The van der Waals surface area contributed by atoms with E-state index in [0.717, 1.165) is 30.4 Å². The smallest absolute Gasteiger partial charge is 0.328 e. The summed E-state index contributed by atoms with van der Waals surface area (Å²) in [6, 6.07) is 8.14. The largest absolute Gasteiger partial charge is 0.352 e. The van der Waals surface area contributed by atoms with Crippen molar-refractivity contribution in [3.63, 3.8) is 0 Å². The van der Waals surface area contributed by atoms with Crippen molar-refractivity contribution in [2.24, 2.45) is 7.05 Å². The number of amides is 1. The summed E-state index contributed by atoms with van der Waals surface area (Å²) in [5.74, 6) is 0.00499. The highest BCUT2D eigenvalue weighted by molar-refractivity contribution is 5.78. The number of carbonyl (C=O) groups is 1. The lowest BCUT2D eigenvalue weighted by molar-refractivity contribution is -0.122. The first-order valence-corrected chi connectivity index (χ1v) is 8.25. The summed E-state index contributed by atoms with van der Waals surface area (Å²) in [4.78, 5) is 24.6. The minimum atomic E-state index is -0.0771. The fourth-order valence-corrected chi connectivity index (χ4v) is 3.31. The van der Waals surface area contributed by atoms with Crippen LogP contribution in [0.5, 0.6) is 0 Å². The molecule has 2 unspecified atom stereocenters. The number of nitrogens with one attached hydrogen (secondary N) is 2. The van der Waals surface area contributed by atoms with Gasteiger partial charge in [-0.05, 0) is 38.4 Å². The third-order valence-electron chi connectivity index (χ3n) is 4.72. The van der Waals surface area contributed by atoms with E-state index in [-0.39, 0.29) is 17.6 Å². The van der Waals surface area contributed by atoms with Gasteiger partial charge in [0.15, 0.2) is 0 Å². The van der Waals surface area contributed by atoms with Crippen LogP contribution < -0.4 is 16.3 Å². The molecule has 2 N–H and O–H groups in total. The molecule has 6 nitrogen and oxygen atoms in total. The van der Waals surface area contributed by atoms with Crippen molar-refractivity contribution in [1.82, 2.24) is 19.8 Å². The summed E-state index contributed by atoms with van der Waals surface area (Å²) in [5.41, 5.74) is 1.69. The lowest BCUT2D eigenvalue weighted by atomic mass is 10.00. The minimum absolute atomic E-state index is 0.00499. The maximum atomic E-state index is 12.3. The van der Waals surface area contributed by atoms with Crippen molar-refractivity contribution in [2.75, 3.05) is 6.54 Å². The Labute approximate surface area is 135 Å². The second-order valence-electron chi connectivity index (χ2n) is 6.29. The molecule has 1 aliphatic rings. The predicted octanol–water partition coefficient (Wildman–Crippen LogP) is 0.987. The molecule has 1 amide bonds. The van der Waals surface area contributed by atoms with Crippen LogP contribution in [0.4, 0.5) is 0 Å². The number of hydrogen-bond acceptors (Lipinski definition) is 3. The van der Waals surface area contributed by atoms with Crippen molar-refractivity contribution in [2.45, 2.75) is 44.8 Å². The Morgan fingerprint density at radius 3 is 2.83 bits per heavy atom. The topological polar surface area (TPSA) is 68.1 Å². The fraction of sp³-hybridized carbons (Fsp3) is 0.529. The van der Waals surface area contributed by atoms with E-state index in [1.54, 1.807) is 16.2 Å². The molecule has 1 aromatic carbocycles. The number of para-hydroxylation sites is 2. The van der Waals surface area contributed by atoms with Crippen LogP contribution in [0.15, 0.2) is 29.1 Å². The van der Waals surface area contributed by atoms with Gasteiger partial charge in [0, 0.05) is 32.1 Å². The number of imidazole rings is 1. The van der Waals surface area contributed by atoms with Gasteiger partial charge >= 0.3 is 5.69 Å². The van der Waals surface area contributed by atoms with Crippen molar-refractivity contribution >= 4 is 16.9 Å². The first-order valence-electron chi connectivity index (χ1n) is 8.25. The van der Waals surface area contributed by atoms with Crippen LogP contribution in [0.25, 0.3) is 11.0 Å². The normalized spacial score (nSPS) is 21.5. The molecule has 1 aromatic heterocycles. The van der Waals surface area contributed by atoms with Crippen molar-refractivity contribution in [3.8, 4) is 0 Å². The highest BCUT2D eigenvalue weighted by Gasteiger charge is 2.22. The molecular formula is C17H24N4O2. The predicted molar refractivity (Wildman–Crippen MR) is 90.4 cm³/mol. The van der Waals surface area contributed by atoms with E-state index in [4.69, 9.17) is 0 Å². The molecule has 0 radical (unpaired) electrons. The first-order chi connectivity index (χ1) is 11.1. The lowest BCUT2D eigenvalue weighted by Crippen LogP contribution is -2.52. The number of piperidine rings is 1. The van der Waals surface area contributed by atoms with Crippen molar-refractivity contribution in [1.29, 1.82) is 0 Å². The number of fused-ring (bicyclic) bond motifs is 1. The van der Waals surface area contributed by atoms with Gasteiger partial charge in [-0.2, -0.15) is 0 Å². The number of aryl methyl sites for hydroxylation is 2. The van der Waals surface area contributed by atoms with Gasteiger partial charge in [0.1, 0.15) is 0 Å². The fourth-order valence-electron chi connectivity index (χ4n) is 3.31. The maximum absolute atomic E-state index is 12.3. The molecule has 3 rings (SSSR count). The lowest BCUT2D eigenvalue weighted by Gasteiger charge is -2.30. The zero-order valence-electron chi connectivity index (χ0n) is 13.7. The van der Waals surface area contributed by atoms with Crippen LogP contribution in [-0.2, 0) is 18.4 Å². The first kappa shape index (κ1) is 15.8. The SMILES string of the molecule is CC1NCCCC1NC(=O)CCn1c(=O)n(C)c2ccccc21. The zero-order chi connectivity index (χ0) is 16.4. The molecule has 1 aliphatic heterocycles. The molecule has 2 heterocycles. The molecular weight excluding hydrogens is 292 g/mol. The molecule has 124 valence electrons. The molecule has 1 fully saturated rings. The second-order valence-corrected chi connectivity index (χ2v) is 6.29. The zero-order valence-corrected chi connectivity index (χ0v) is 13.7. The van der Waals surface area contributed by atoms with Gasteiger partial charge < -0.3 is 10.6 Å². The van der Waals surface area contributed by atoms with E-state index < -0.39 is 0 Å². The van der Waals surface area contributed by atoms with E-state index in [1.807, 2.05) is 24.3 Å². The van der Waals surface area contributed by atoms with Gasteiger partial charge in [-0.1, -0.05) is 12.1 Å². The summed E-state index contributed by atoms with van der Waals surface area (Å²) in [6.45, 7) is 3.51. The molecule has 0 spiro atoms. The minimum Gasteiger partial charge on any atom is -0.352 e. The van der Waals surface area contributed by atoms with Crippen LogP contribution in [0.1, 0.15) is 26.2 Å². The molecule has 1 saturated heterocycles. The molecule has 2 atom stereocenters. The Kier molecular flexibility index (Phi) is 4.52. The van der Waals surface area contributed by atoms with Gasteiger partial charge in [0.25, 0.3) is 0 Å². The van der Waals surface area contributed by atoms with Gasteiger partial charge in [-0.25, -0.2) is 4.79 Å². The average Bonchev–Trinajstić information content (AvgIpc) is 2.80. The Morgan fingerprint density at radius 1 is 1.35 bits per heavy atom. The van der Waals surface area contributed by atoms with Gasteiger partial charge in [-0.3, -0.25) is 13.9 Å². The molecule has 0 bridgehead atoms. The third kappa shape index (κ3) is 3.17. The van der Waals surface area contributed by atoms with Crippen molar-refractivity contribution < 1.29 is 4.79 Å². The number of benzene rings is 1. The Bertz CT molecular complexity index is 762. The Morgan fingerprint density at radius 2 is 2.09 bits per heavy atom. The third-order valence-corrected chi connectivity index (χ3v) is 4.72. The molecule has 2 aromatic rings. The van der Waals surface area contributed by atoms with Gasteiger partial charge in [-0.15, -0.1) is 0 Å². The highest BCUT2D eigenvalue weighted by atomic mass is 16.2. The van der Waals surface area contributed by atoms with E-state index >= 15 is 0 Å². The number of aromatic nitrogens is 2. The average molecular weight is 316 g/mol. The molecule has 0 saturated carbocycles. The molecule has 23 heavy (non-hydrogen) atoms. The molecule has 6 heteroatoms. The summed E-state index contributed by atoms with van der Waals surface area (Å²) < 4.78 is 3.30. The maximum Gasteiger partial charge on any atom is 0.328 e. The van der Waals surface area contributed by atoms with Gasteiger partial charge in [0.05, 0.1) is 11.0 Å². The van der Waals surface area contributed by atoms with Crippen LogP contribution in [0, 0.1) is 0 Å². The molecule has 0 aliphatic carbocycles. The highest BCUT2D eigenvalue weighted by Crippen LogP contribution is 2.12. The van der Waals surface area contributed by atoms with E-state index in [1.165, 1.54) is 0 Å². The van der Waals surface area contributed by atoms with E-state index in [0.29, 0.717) is 19.0 Å². The van der Waals surface area contributed by atoms with Crippen LogP contribution in [0.3, 0.4) is 0 Å². The van der Waals surface area contributed by atoms with E-state index in [2.05, 4.69) is 17.6 Å². The van der Waals surface area contributed by atoms with E-state index in [9.17, 15) is 9.59 Å². The standard InChI is InChI=1S/C17H24N4O2/c1-12-13(6-5-10-18-12)19-16(22)9-11-21-15-8-4-3-7-14(15)20(2)17(21)23/h3-4,7-8,12-13,18H,5-6,9-11H2,1-2H3,(H,19,22). The van der Waals surface area contributed by atoms with Gasteiger partial charge in [0.2, 0.25) is 5.91 Å². The summed E-state index contributed by atoms with van der Waals surface area (Å²) in [7, 11) is 1.76. The van der Waals surface area contributed by atoms with Crippen LogP contribution in [-0.4, -0.2) is 33.7 Å². The van der Waals surface area contributed by atoms with Crippen LogP contribution >= 0.6 is 0 Å². The van der Waals surface area contributed by atoms with Crippen molar-refractivity contribution in [3.05, 3.63) is 34.7 Å². The Balaban J connectivity index is 1.68. The second kappa shape index (κ2) is 6.58. The number of carbonyl (C=O) groups excluding carboxylic acids is 1. The summed E-state index contributed by atoms with van der Waals surface area (Å²) in [5, 5.41) is 6.46. The Hall–Kier alpha value is -2.08. The number of nitrogens with zero attached hydrogens (tertiary/aromatic N) is 2. The number of rotatable bonds is 4. The summed E-state index contributed by atoms with van der Waals surface area (Å²) >= 11 is 0. The summed E-state index contributed by atoms with van der Waals surface area (Å²) in [6.07, 6.45) is 2.41. The monoisotopic (exact) mass is 316 g/mol. The number of hydrogen-bond donors (Lipinski definition) is 2. The quantitative estimate of drug-likeness (QED) is 0.884. The van der Waals surface area contributed by atoms with Crippen LogP contribution in [0.2, 0.25) is 0 Å².